The first kappa shape index (κ1) is 26.8. The molecule has 2 amide bonds. The van der Waals surface area contributed by atoms with E-state index in [2.05, 4.69) is 20.6 Å². The van der Waals surface area contributed by atoms with E-state index in [9.17, 15) is 18.4 Å². The summed E-state index contributed by atoms with van der Waals surface area (Å²) < 4.78 is 38.5. The van der Waals surface area contributed by atoms with E-state index >= 15 is 0 Å². The normalized spacial score (nSPS) is 20.4. The van der Waals surface area contributed by atoms with Crippen LogP contribution in [0.25, 0.3) is 0 Å². The van der Waals surface area contributed by atoms with Crippen molar-refractivity contribution in [2.45, 2.75) is 45.1 Å². The number of benzene rings is 1. The van der Waals surface area contributed by atoms with Crippen molar-refractivity contribution < 1.29 is 27.8 Å². The van der Waals surface area contributed by atoms with E-state index in [0.29, 0.717) is 48.1 Å². The molecule has 0 bridgehead atoms. The Balaban J connectivity index is 1.42. The van der Waals surface area contributed by atoms with Gasteiger partial charge in [-0.3, -0.25) is 9.59 Å². The number of aromatic nitrogens is 2. The highest BCUT2D eigenvalue weighted by Gasteiger charge is 2.51. The van der Waals surface area contributed by atoms with Crippen LogP contribution in [0.5, 0.6) is 5.75 Å². The van der Waals surface area contributed by atoms with Gasteiger partial charge in [0.05, 0.1) is 37.6 Å². The number of ether oxygens (including phenoxy) is 2. The van der Waals surface area contributed by atoms with Crippen molar-refractivity contribution in [2.75, 3.05) is 49.0 Å². The molecule has 0 atom stereocenters. The van der Waals surface area contributed by atoms with Gasteiger partial charge in [0.2, 0.25) is 11.9 Å². The Hall–Kier alpha value is -3.80. The molecule has 39 heavy (non-hydrogen) atoms. The van der Waals surface area contributed by atoms with Gasteiger partial charge in [-0.1, -0.05) is 0 Å². The van der Waals surface area contributed by atoms with E-state index in [4.69, 9.17) is 9.47 Å². The second kappa shape index (κ2) is 10.1. The molecule has 0 radical (unpaired) electrons. The highest BCUT2D eigenvalue weighted by molar-refractivity contribution is 6.01. The van der Waals surface area contributed by atoms with Crippen LogP contribution in [0.15, 0.2) is 36.2 Å². The van der Waals surface area contributed by atoms with E-state index in [0.717, 1.165) is 5.70 Å². The third kappa shape index (κ3) is 5.38. The molecule has 0 unspecified atom stereocenters. The third-order valence-electron chi connectivity index (χ3n) is 7.29. The van der Waals surface area contributed by atoms with Gasteiger partial charge < -0.3 is 29.9 Å². The molecule has 10 nitrogen and oxygen atoms in total. The number of nitrogens with one attached hydrogen (secondary N) is 2. The number of alkyl halides is 2. The quantitative estimate of drug-likeness (QED) is 0.567. The lowest BCUT2D eigenvalue weighted by molar-refractivity contribution is -0.126. The van der Waals surface area contributed by atoms with Gasteiger partial charge in [0.25, 0.3) is 11.8 Å². The van der Waals surface area contributed by atoms with Crippen LogP contribution in [0.2, 0.25) is 0 Å². The fraction of sp³-hybridized carbons (Fsp3) is 0.481. The number of rotatable bonds is 6. The van der Waals surface area contributed by atoms with Crippen LogP contribution >= 0.6 is 0 Å². The Bertz CT molecular complexity index is 1320. The summed E-state index contributed by atoms with van der Waals surface area (Å²) in [5.41, 5.74) is 1.37. The van der Waals surface area contributed by atoms with E-state index in [1.165, 1.54) is 18.2 Å². The molecule has 5 rings (SSSR count). The monoisotopic (exact) mass is 542 g/mol. The van der Waals surface area contributed by atoms with Crippen LogP contribution in [0, 0.1) is 5.41 Å². The summed E-state index contributed by atoms with van der Waals surface area (Å²) in [6.45, 7) is 4.87. The van der Waals surface area contributed by atoms with Gasteiger partial charge in [-0.05, 0) is 38.1 Å². The minimum Gasteiger partial charge on any atom is -0.495 e. The first-order chi connectivity index (χ1) is 18.5. The fourth-order valence-corrected chi connectivity index (χ4v) is 5.07. The fourth-order valence-electron chi connectivity index (χ4n) is 5.07. The van der Waals surface area contributed by atoms with Crippen molar-refractivity contribution in [3.63, 3.8) is 0 Å². The first-order valence-electron chi connectivity index (χ1n) is 12.8. The summed E-state index contributed by atoms with van der Waals surface area (Å²) in [4.78, 5) is 38.2. The SMILES string of the molecule is COc1cc(C(=O)NC2=CCOCC2)ccc1Nc1ncc2c(n1)N(C1CC(F)(F)C1)CC(C)(C)C(=O)N2C. The molecular formula is C27H32F2N6O4. The van der Waals surface area contributed by atoms with Gasteiger partial charge >= 0.3 is 0 Å². The molecule has 2 aromatic rings. The van der Waals surface area contributed by atoms with Gasteiger partial charge in [0.1, 0.15) is 11.4 Å². The Labute approximate surface area is 225 Å². The van der Waals surface area contributed by atoms with Crippen molar-refractivity contribution in [1.29, 1.82) is 0 Å². The smallest absolute Gasteiger partial charge is 0.255 e. The van der Waals surface area contributed by atoms with Crippen LogP contribution in [0.1, 0.15) is 43.5 Å². The summed E-state index contributed by atoms with van der Waals surface area (Å²) in [5, 5.41) is 6.01. The highest BCUT2D eigenvalue weighted by Crippen LogP contribution is 2.46. The number of methoxy groups -OCH3 is 1. The lowest BCUT2D eigenvalue weighted by Gasteiger charge is -2.44. The zero-order chi connectivity index (χ0) is 27.9. The Morgan fingerprint density at radius 3 is 2.69 bits per heavy atom. The lowest BCUT2D eigenvalue weighted by atomic mass is 9.84. The molecule has 1 saturated carbocycles. The molecule has 208 valence electrons. The maximum Gasteiger partial charge on any atom is 0.255 e. The van der Waals surface area contributed by atoms with Crippen LogP contribution in [-0.4, -0.2) is 67.7 Å². The van der Waals surface area contributed by atoms with E-state index < -0.39 is 17.4 Å². The zero-order valence-electron chi connectivity index (χ0n) is 22.4. The molecule has 2 N–H and O–H groups in total. The summed E-state index contributed by atoms with van der Waals surface area (Å²) in [7, 11) is 3.13. The van der Waals surface area contributed by atoms with Crippen molar-refractivity contribution in [3.8, 4) is 5.75 Å². The van der Waals surface area contributed by atoms with Crippen molar-refractivity contribution >= 4 is 35.0 Å². The molecule has 1 aromatic heterocycles. The number of amides is 2. The standard InChI is InChI=1S/C27H32F2N6O4/c1-26(2)15-35(18-12-27(28,29)13-18)22-20(34(3)24(26)37)14-30-25(33-22)32-19-6-5-16(11-21(19)38-4)23(36)31-17-7-9-39-10-8-17/h5-7,11,14,18H,8-10,12-13,15H2,1-4H3,(H,31,36)(H,30,32,33). The highest BCUT2D eigenvalue weighted by atomic mass is 19.3. The number of fused-ring (bicyclic) bond motifs is 1. The molecule has 1 aliphatic carbocycles. The molecule has 0 saturated heterocycles. The number of carbonyl (C=O) groups excluding carboxylic acids is 2. The average molecular weight is 543 g/mol. The van der Waals surface area contributed by atoms with Crippen molar-refractivity contribution in [2.24, 2.45) is 5.41 Å². The first-order valence-corrected chi connectivity index (χ1v) is 12.8. The minimum absolute atomic E-state index is 0.145. The molecule has 1 aromatic carbocycles. The van der Waals surface area contributed by atoms with Gasteiger partial charge in [-0.2, -0.15) is 4.98 Å². The molecule has 3 heterocycles. The molecule has 3 aliphatic rings. The Morgan fingerprint density at radius 2 is 2.03 bits per heavy atom. The van der Waals surface area contributed by atoms with E-state index in [1.54, 1.807) is 44.0 Å². The zero-order valence-corrected chi connectivity index (χ0v) is 22.4. The Kier molecular flexibility index (Phi) is 6.91. The van der Waals surface area contributed by atoms with Gasteiger partial charge in [0.15, 0.2) is 5.82 Å². The van der Waals surface area contributed by atoms with Crippen LogP contribution in [0.3, 0.4) is 0 Å². The summed E-state index contributed by atoms with van der Waals surface area (Å²) in [6.07, 6.45) is 3.39. The molecule has 12 heteroatoms. The van der Waals surface area contributed by atoms with Crippen LogP contribution < -0.4 is 25.2 Å². The van der Waals surface area contributed by atoms with Crippen molar-refractivity contribution in [3.05, 3.63) is 41.7 Å². The van der Waals surface area contributed by atoms with Gasteiger partial charge in [0, 0.05) is 50.2 Å². The minimum atomic E-state index is -2.73. The third-order valence-corrected chi connectivity index (χ3v) is 7.29. The number of anilines is 4. The average Bonchev–Trinajstić information content (AvgIpc) is 2.96. The van der Waals surface area contributed by atoms with E-state index in [-0.39, 0.29) is 37.1 Å². The molecule has 2 aliphatic heterocycles. The molecule has 1 fully saturated rings. The number of hydrogen-bond acceptors (Lipinski definition) is 8. The molecular weight excluding hydrogens is 510 g/mol. The number of nitrogens with zero attached hydrogens (tertiary/aromatic N) is 4. The predicted molar refractivity (Wildman–Crippen MR) is 142 cm³/mol. The summed E-state index contributed by atoms with van der Waals surface area (Å²) in [6, 6.07) is 4.50. The second-order valence-electron chi connectivity index (χ2n) is 10.7. The van der Waals surface area contributed by atoms with Gasteiger partial charge in [-0.15, -0.1) is 0 Å². The van der Waals surface area contributed by atoms with Crippen LogP contribution in [0.4, 0.5) is 31.9 Å². The number of carbonyl (C=O) groups is 2. The van der Waals surface area contributed by atoms with Crippen LogP contribution in [-0.2, 0) is 9.53 Å². The number of hydrogen-bond donors (Lipinski definition) is 2. The summed E-state index contributed by atoms with van der Waals surface area (Å²) in [5.74, 6) is -2.13. The largest absolute Gasteiger partial charge is 0.495 e. The maximum absolute atomic E-state index is 13.8. The lowest BCUT2D eigenvalue weighted by Crippen LogP contribution is -2.54. The van der Waals surface area contributed by atoms with Crippen molar-refractivity contribution in [1.82, 2.24) is 15.3 Å². The Morgan fingerprint density at radius 1 is 1.26 bits per heavy atom. The maximum atomic E-state index is 13.8. The topological polar surface area (TPSA) is 109 Å². The summed E-state index contributed by atoms with van der Waals surface area (Å²) >= 11 is 0. The predicted octanol–water partition coefficient (Wildman–Crippen LogP) is 3.87. The molecule has 0 spiro atoms. The second-order valence-corrected chi connectivity index (χ2v) is 10.7. The number of halogens is 2. The van der Waals surface area contributed by atoms with E-state index in [1.807, 2.05) is 6.08 Å². The van der Waals surface area contributed by atoms with Gasteiger partial charge in [-0.25, -0.2) is 13.8 Å².